The molecule has 2 aromatic rings. The van der Waals surface area contributed by atoms with E-state index in [0.29, 0.717) is 43.3 Å². The fraction of sp³-hybridized carbons (Fsp3) is 0.400. The van der Waals surface area contributed by atoms with E-state index in [0.717, 1.165) is 0 Å². The standard InChI is InChI=1S/C20H23N5O6/c1-12-18(20(28)31-3)15(22-19(12)13(2)26)10-17(27)24-8-6-23(7-9-24)16-5-4-14(11-21-16)25(29)30/h4-5,11,22H,6-10H2,1-3H3. The van der Waals surface area contributed by atoms with Crippen LogP contribution in [0.15, 0.2) is 18.3 Å². The number of aromatic nitrogens is 2. The van der Waals surface area contributed by atoms with Gasteiger partial charge in [0.25, 0.3) is 5.69 Å². The van der Waals surface area contributed by atoms with Crippen molar-refractivity contribution in [2.75, 3.05) is 38.2 Å². The number of rotatable bonds is 6. The lowest BCUT2D eigenvalue weighted by Gasteiger charge is -2.35. The summed E-state index contributed by atoms with van der Waals surface area (Å²) < 4.78 is 4.81. The highest BCUT2D eigenvalue weighted by molar-refractivity contribution is 6.01. The minimum Gasteiger partial charge on any atom is -0.465 e. The van der Waals surface area contributed by atoms with Crippen LogP contribution >= 0.6 is 0 Å². The number of carbonyl (C=O) groups is 3. The monoisotopic (exact) mass is 429 g/mol. The number of nitro groups is 1. The number of nitrogens with zero attached hydrogens (tertiary/aromatic N) is 4. The number of esters is 1. The van der Waals surface area contributed by atoms with E-state index in [4.69, 9.17) is 4.74 Å². The number of amides is 1. The Balaban J connectivity index is 1.68. The second-order valence-electron chi connectivity index (χ2n) is 7.20. The Morgan fingerprint density at radius 2 is 1.90 bits per heavy atom. The number of ether oxygens (including phenoxy) is 1. The molecule has 0 aliphatic carbocycles. The summed E-state index contributed by atoms with van der Waals surface area (Å²) in [5.41, 5.74) is 1.26. The van der Waals surface area contributed by atoms with Gasteiger partial charge in [0.05, 0.1) is 29.7 Å². The SMILES string of the molecule is COC(=O)c1c(CC(=O)N2CCN(c3ccc([N+](=O)[O-])cn3)CC2)[nH]c(C(C)=O)c1C. The number of carbonyl (C=O) groups excluding carboxylic acids is 3. The molecule has 0 spiro atoms. The van der Waals surface area contributed by atoms with E-state index >= 15 is 0 Å². The van der Waals surface area contributed by atoms with Crippen LogP contribution in [0.1, 0.15) is 39.0 Å². The lowest BCUT2D eigenvalue weighted by atomic mass is 10.1. The Kier molecular flexibility index (Phi) is 6.33. The summed E-state index contributed by atoms with van der Waals surface area (Å²) in [6, 6.07) is 2.98. The van der Waals surface area contributed by atoms with Gasteiger partial charge in [-0.05, 0) is 18.6 Å². The Labute approximate surface area is 178 Å². The molecule has 11 nitrogen and oxygen atoms in total. The molecule has 1 N–H and O–H groups in total. The van der Waals surface area contributed by atoms with E-state index < -0.39 is 10.9 Å². The van der Waals surface area contributed by atoms with Crippen LogP contribution < -0.4 is 4.90 Å². The van der Waals surface area contributed by atoms with Crippen molar-refractivity contribution < 1.29 is 24.0 Å². The number of aromatic amines is 1. The average Bonchev–Trinajstić information content (AvgIpc) is 3.09. The second kappa shape index (κ2) is 8.94. The summed E-state index contributed by atoms with van der Waals surface area (Å²) >= 11 is 0. The Bertz CT molecular complexity index is 1020. The maximum atomic E-state index is 12.8. The van der Waals surface area contributed by atoms with Crippen molar-refractivity contribution in [3.8, 4) is 0 Å². The van der Waals surface area contributed by atoms with Crippen LogP contribution in [0.2, 0.25) is 0 Å². The number of H-pyrrole nitrogens is 1. The van der Waals surface area contributed by atoms with Gasteiger partial charge in [-0.1, -0.05) is 0 Å². The van der Waals surface area contributed by atoms with Crippen LogP contribution in [0, 0.1) is 17.0 Å². The van der Waals surface area contributed by atoms with E-state index in [1.165, 1.54) is 26.3 Å². The van der Waals surface area contributed by atoms with Gasteiger partial charge >= 0.3 is 5.97 Å². The number of pyridine rings is 1. The van der Waals surface area contributed by atoms with Crippen LogP contribution in [0.25, 0.3) is 0 Å². The lowest BCUT2D eigenvalue weighted by Crippen LogP contribution is -2.49. The van der Waals surface area contributed by atoms with E-state index in [9.17, 15) is 24.5 Å². The van der Waals surface area contributed by atoms with Crippen LogP contribution in [0.3, 0.4) is 0 Å². The van der Waals surface area contributed by atoms with E-state index in [-0.39, 0.29) is 35.1 Å². The molecule has 1 amide bonds. The van der Waals surface area contributed by atoms with Gasteiger partial charge in [0.2, 0.25) is 5.91 Å². The third kappa shape index (κ3) is 4.55. The number of piperazine rings is 1. The molecule has 1 saturated heterocycles. The van der Waals surface area contributed by atoms with E-state index in [2.05, 4.69) is 9.97 Å². The molecule has 1 aliphatic rings. The molecule has 0 bridgehead atoms. The van der Waals surface area contributed by atoms with Crippen molar-refractivity contribution in [3.05, 3.63) is 51.0 Å². The second-order valence-corrected chi connectivity index (χ2v) is 7.20. The van der Waals surface area contributed by atoms with Crippen molar-refractivity contribution in [2.24, 2.45) is 0 Å². The predicted molar refractivity (Wildman–Crippen MR) is 110 cm³/mol. The average molecular weight is 429 g/mol. The summed E-state index contributed by atoms with van der Waals surface area (Å²) in [4.78, 5) is 57.8. The number of Topliss-reactive ketones (excluding diaryl/α,β-unsaturated/α-hetero) is 1. The highest BCUT2D eigenvalue weighted by atomic mass is 16.6. The highest BCUT2D eigenvalue weighted by Gasteiger charge is 2.27. The molecule has 3 heterocycles. The molecule has 3 rings (SSSR count). The number of ketones is 1. The molecule has 0 saturated carbocycles. The highest BCUT2D eigenvalue weighted by Crippen LogP contribution is 2.22. The molecule has 11 heteroatoms. The number of hydrogen-bond donors (Lipinski definition) is 1. The van der Waals surface area contributed by atoms with Crippen molar-refractivity contribution in [1.82, 2.24) is 14.9 Å². The normalized spacial score (nSPS) is 13.8. The molecular weight excluding hydrogens is 406 g/mol. The quantitative estimate of drug-likeness (QED) is 0.315. The number of methoxy groups -OCH3 is 1. The smallest absolute Gasteiger partial charge is 0.339 e. The topological polar surface area (TPSA) is 139 Å². The van der Waals surface area contributed by atoms with Gasteiger partial charge in [0.15, 0.2) is 5.78 Å². The zero-order chi connectivity index (χ0) is 22.7. The van der Waals surface area contributed by atoms with Gasteiger partial charge in [-0.25, -0.2) is 9.78 Å². The minimum absolute atomic E-state index is 0.0612. The maximum absolute atomic E-state index is 12.8. The van der Waals surface area contributed by atoms with Gasteiger partial charge in [-0.15, -0.1) is 0 Å². The van der Waals surface area contributed by atoms with Crippen LogP contribution in [0.5, 0.6) is 0 Å². The van der Waals surface area contributed by atoms with Gasteiger partial charge in [-0.2, -0.15) is 0 Å². The predicted octanol–water partition coefficient (Wildman–Crippen LogP) is 1.51. The molecule has 0 atom stereocenters. The molecule has 31 heavy (non-hydrogen) atoms. The summed E-state index contributed by atoms with van der Waals surface area (Å²) in [7, 11) is 1.25. The minimum atomic E-state index is -0.599. The molecule has 0 unspecified atom stereocenters. The Morgan fingerprint density at radius 1 is 1.23 bits per heavy atom. The maximum Gasteiger partial charge on any atom is 0.339 e. The molecule has 1 fully saturated rings. The Hall–Kier alpha value is -3.76. The van der Waals surface area contributed by atoms with Crippen LogP contribution in [-0.4, -0.2) is 70.7 Å². The molecule has 0 aromatic carbocycles. The summed E-state index contributed by atoms with van der Waals surface area (Å²) in [6.07, 6.45) is 1.15. The lowest BCUT2D eigenvalue weighted by molar-refractivity contribution is -0.385. The van der Waals surface area contributed by atoms with Crippen molar-refractivity contribution in [1.29, 1.82) is 0 Å². The van der Waals surface area contributed by atoms with Crippen molar-refractivity contribution in [3.63, 3.8) is 0 Å². The first kappa shape index (κ1) is 21.9. The fourth-order valence-electron chi connectivity index (χ4n) is 3.64. The fourth-order valence-corrected chi connectivity index (χ4v) is 3.64. The van der Waals surface area contributed by atoms with Crippen molar-refractivity contribution >= 4 is 29.2 Å². The van der Waals surface area contributed by atoms with E-state index in [1.807, 2.05) is 4.90 Å². The van der Waals surface area contributed by atoms with Crippen LogP contribution in [-0.2, 0) is 16.0 Å². The molecule has 1 aliphatic heterocycles. The van der Waals surface area contributed by atoms with E-state index in [1.54, 1.807) is 17.9 Å². The van der Waals surface area contributed by atoms with Gasteiger partial charge < -0.3 is 19.5 Å². The summed E-state index contributed by atoms with van der Waals surface area (Å²) in [5, 5.41) is 10.8. The third-order valence-electron chi connectivity index (χ3n) is 5.30. The number of nitrogens with one attached hydrogen (secondary N) is 1. The first-order valence-corrected chi connectivity index (χ1v) is 9.66. The summed E-state index contributed by atoms with van der Waals surface area (Å²) in [6.45, 7) is 4.93. The molecule has 2 aromatic heterocycles. The first-order valence-electron chi connectivity index (χ1n) is 9.66. The van der Waals surface area contributed by atoms with Gasteiger partial charge in [0, 0.05) is 44.9 Å². The third-order valence-corrected chi connectivity index (χ3v) is 5.30. The van der Waals surface area contributed by atoms with Crippen LogP contribution in [0.4, 0.5) is 11.5 Å². The molecule has 164 valence electrons. The zero-order valence-corrected chi connectivity index (χ0v) is 17.5. The largest absolute Gasteiger partial charge is 0.465 e. The van der Waals surface area contributed by atoms with Gasteiger partial charge in [-0.3, -0.25) is 19.7 Å². The molecular formula is C20H23N5O6. The Morgan fingerprint density at radius 3 is 2.42 bits per heavy atom. The molecule has 0 radical (unpaired) electrons. The van der Waals surface area contributed by atoms with Gasteiger partial charge in [0.1, 0.15) is 12.0 Å². The zero-order valence-electron chi connectivity index (χ0n) is 17.5. The van der Waals surface area contributed by atoms with Crippen molar-refractivity contribution in [2.45, 2.75) is 20.3 Å². The number of hydrogen-bond acceptors (Lipinski definition) is 8. The summed E-state index contributed by atoms with van der Waals surface area (Å²) in [5.74, 6) is -0.404. The number of anilines is 1. The first-order chi connectivity index (χ1) is 14.7.